The molecule has 0 nitrogen and oxygen atoms in total. The molecule has 0 bridgehead atoms. The molecule has 0 radical (unpaired) electrons. The first kappa shape index (κ1) is 5.82. The fraction of sp³-hybridized carbons (Fsp3) is 0. The van der Waals surface area contributed by atoms with E-state index < -0.39 is 0 Å². The van der Waals surface area contributed by atoms with Crippen molar-refractivity contribution in [3.05, 3.63) is 35.9 Å². The van der Waals surface area contributed by atoms with Gasteiger partial charge in [0.25, 0.3) is 0 Å². The Morgan fingerprint density at radius 2 is 1.75 bits per heavy atom. The van der Waals surface area contributed by atoms with Crippen LogP contribution in [0.25, 0.3) is 0 Å². The number of hydrogen-bond acceptors (Lipinski definition) is 0. The van der Waals surface area contributed by atoms with Crippen LogP contribution in [0.4, 0.5) is 0 Å². The van der Waals surface area contributed by atoms with Crippen LogP contribution in [0.1, 0.15) is 5.56 Å². The molecule has 0 heterocycles. The van der Waals surface area contributed by atoms with Gasteiger partial charge in [-0.3, -0.25) is 0 Å². The molecule has 0 unspecified atom stereocenters. The molecule has 0 aliphatic carbocycles. The monoisotopic (exact) mass is 187 g/mol. The van der Waals surface area contributed by atoms with Crippen molar-refractivity contribution < 1.29 is 19.2 Å². The SMILES string of the molecule is [Mo]#[C]c1ccccc1. The normalized spacial score (nSPS) is 7.88. The van der Waals surface area contributed by atoms with E-state index in [0.29, 0.717) is 0 Å². The second-order valence-corrected chi connectivity index (χ2v) is 1.97. The fourth-order valence-corrected chi connectivity index (χ4v) is 0.841. The second kappa shape index (κ2) is 2.87. The summed E-state index contributed by atoms with van der Waals surface area (Å²) in [5, 5.41) is 0. The first-order valence-corrected chi connectivity index (χ1v) is 3.37. The van der Waals surface area contributed by atoms with Gasteiger partial charge in [-0.05, 0) is 0 Å². The Morgan fingerprint density at radius 3 is 2.12 bits per heavy atom. The molecule has 0 atom stereocenters. The van der Waals surface area contributed by atoms with E-state index in [0.717, 1.165) is 5.56 Å². The van der Waals surface area contributed by atoms with E-state index in [1.165, 1.54) is 0 Å². The molecule has 0 amide bonds. The zero-order chi connectivity index (χ0) is 5.82. The molecule has 0 aliphatic rings. The zero-order valence-corrected chi connectivity index (χ0v) is 6.30. The Kier molecular flexibility index (Phi) is 2.09. The Labute approximate surface area is 59.6 Å². The third-order valence-corrected chi connectivity index (χ3v) is 1.47. The summed E-state index contributed by atoms with van der Waals surface area (Å²) in [6.45, 7) is 0. The zero-order valence-electron chi connectivity index (χ0n) is 4.29. The van der Waals surface area contributed by atoms with Crippen molar-refractivity contribution in [3.8, 4) is 4.20 Å². The molecular weight excluding hydrogens is 180 g/mol. The van der Waals surface area contributed by atoms with E-state index in [9.17, 15) is 0 Å². The number of hydrogen-bond donors (Lipinski definition) is 0. The Balaban J connectivity index is 3.05. The summed E-state index contributed by atoms with van der Waals surface area (Å²) in [6, 6.07) is 10.1. The second-order valence-electron chi connectivity index (χ2n) is 1.47. The van der Waals surface area contributed by atoms with Crippen molar-refractivity contribution in [2.75, 3.05) is 0 Å². The van der Waals surface area contributed by atoms with Crippen LogP contribution in [0.5, 0.6) is 0 Å². The van der Waals surface area contributed by atoms with Gasteiger partial charge in [0.05, 0.1) is 0 Å². The van der Waals surface area contributed by atoms with Crippen molar-refractivity contribution in [3.63, 3.8) is 0 Å². The van der Waals surface area contributed by atoms with Gasteiger partial charge < -0.3 is 0 Å². The van der Waals surface area contributed by atoms with E-state index in [1.54, 1.807) is 0 Å². The molecule has 0 spiro atoms. The molecule has 0 saturated heterocycles. The summed E-state index contributed by atoms with van der Waals surface area (Å²) in [7, 11) is 0. The Hall–Kier alpha value is -0.312. The van der Waals surface area contributed by atoms with Crippen molar-refractivity contribution in [2.45, 2.75) is 0 Å². The van der Waals surface area contributed by atoms with E-state index in [1.807, 2.05) is 49.5 Å². The van der Waals surface area contributed by atoms with E-state index >= 15 is 0 Å². The minimum atomic E-state index is 1.16. The average molecular weight is 185 g/mol. The van der Waals surface area contributed by atoms with Gasteiger partial charge in [-0.1, -0.05) is 0 Å². The molecule has 0 aliphatic heterocycles. The third kappa shape index (κ3) is 1.33. The molecule has 1 rings (SSSR count). The van der Waals surface area contributed by atoms with Crippen LogP contribution in [0.2, 0.25) is 0 Å². The molecule has 0 N–H and O–H groups in total. The maximum absolute atomic E-state index is 3.04. The van der Waals surface area contributed by atoms with Gasteiger partial charge in [0.15, 0.2) is 0 Å². The molecule has 1 aromatic rings. The molecule has 0 aromatic heterocycles. The summed E-state index contributed by atoms with van der Waals surface area (Å²) >= 11 is 1.85. The van der Waals surface area contributed by atoms with Gasteiger partial charge in [-0.25, -0.2) is 0 Å². The van der Waals surface area contributed by atoms with E-state index in [4.69, 9.17) is 0 Å². The summed E-state index contributed by atoms with van der Waals surface area (Å²) in [4.78, 5) is 0. The van der Waals surface area contributed by atoms with Crippen molar-refractivity contribution in [1.82, 2.24) is 0 Å². The van der Waals surface area contributed by atoms with Crippen molar-refractivity contribution in [2.24, 2.45) is 0 Å². The molecule has 1 aromatic carbocycles. The van der Waals surface area contributed by atoms with Gasteiger partial charge in [0.2, 0.25) is 0 Å². The molecule has 39 valence electrons. The molecular formula is C7H5Mo. The quantitative estimate of drug-likeness (QED) is 0.538. The summed E-state index contributed by atoms with van der Waals surface area (Å²) < 4.78 is 3.04. The minimum absolute atomic E-state index is 1.16. The number of benzene rings is 1. The first-order valence-electron chi connectivity index (χ1n) is 2.36. The van der Waals surface area contributed by atoms with Crippen molar-refractivity contribution in [1.29, 1.82) is 0 Å². The van der Waals surface area contributed by atoms with Crippen LogP contribution >= 0.6 is 0 Å². The summed E-state index contributed by atoms with van der Waals surface area (Å²) in [6.07, 6.45) is 0. The van der Waals surface area contributed by atoms with Crippen LogP contribution in [0, 0.1) is 4.20 Å². The topological polar surface area (TPSA) is 0 Å². The standard InChI is InChI=1S/C7H5.Mo/c1-7-5-3-2-4-6-7;/h2-6H;. The first-order chi connectivity index (χ1) is 3.93. The van der Waals surface area contributed by atoms with E-state index in [2.05, 4.69) is 4.20 Å². The van der Waals surface area contributed by atoms with Crippen molar-refractivity contribution >= 4 is 0 Å². The molecule has 0 saturated carbocycles. The van der Waals surface area contributed by atoms with Gasteiger partial charge in [0, 0.05) is 0 Å². The number of rotatable bonds is 0. The fourth-order valence-electron chi connectivity index (χ4n) is 0.506. The summed E-state index contributed by atoms with van der Waals surface area (Å²) in [5.41, 5.74) is 1.16. The van der Waals surface area contributed by atoms with Crippen LogP contribution in [0.3, 0.4) is 0 Å². The van der Waals surface area contributed by atoms with Crippen LogP contribution in [-0.4, -0.2) is 0 Å². The Morgan fingerprint density at radius 1 is 1.12 bits per heavy atom. The predicted molar refractivity (Wildman–Crippen MR) is 29.4 cm³/mol. The summed E-state index contributed by atoms with van der Waals surface area (Å²) in [5.74, 6) is 0. The van der Waals surface area contributed by atoms with Gasteiger partial charge >= 0.3 is 59.3 Å². The Bertz CT molecular complexity index is 195. The van der Waals surface area contributed by atoms with Crippen LogP contribution < -0.4 is 0 Å². The predicted octanol–water partition coefficient (Wildman–Crippen LogP) is 1.54. The third-order valence-electron chi connectivity index (χ3n) is 0.892. The molecule has 8 heavy (non-hydrogen) atoms. The van der Waals surface area contributed by atoms with Gasteiger partial charge in [-0.2, -0.15) is 0 Å². The van der Waals surface area contributed by atoms with Crippen LogP contribution in [-0.2, 0) is 19.2 Å². The molecule has 1 heteroatoms. The van der Waals surface area contributed by atoms with Crippen LogP contribution in [0.15, 0.2) is 30.3 Å². The van der Waals surface area contributed by atoms with E-state index in [-0.39, 0.29) is 0 Å². The maximum atomic E-state index is 3.04. The van der Waals surface area contributed by atoms with Gasteiger partial charge in [0.1, 0.15) is 0 Å². The average Bonchev–Trinajstić information content (AvgIpc) is 1.90. The molecule has 0 fully saturated rings. The van der Waals surface area contributed by atoms with Gasteiger partial charge in [-0.15, -0.1) is 0 Å².